The third-order valence-electron chi connectivity index (χ3n) is 2.15. The van der Waals surface area contributed by atoms with E-state index in [1.807, 2.05) is 78.2 Å². The van der Waals surface area contributed by atoms with Crippen molar-refractivity contribution in [1.29, 1.82) is 0 Å². The number of hydrogen-bond acceptors (Lipinski definition) is 2. The van der Waals surface area contributed by atoms with E-state index in [9.17, 15) is 0 Å². The highest BCUT2D eigenvalue weighted by Crippen LogP contribution is 2.21. The molecule has 106 valence electrons. The number of nitrogens with zero attached hydrogens (tertiary/aromatic N) is 2. The fraction of sp³-hybridized carbons (Fsp3) is 0.438. The molecule has 0 saturated heterocycles. The summed E-state index contributed by atoms with van der Waals surface area (Å²) in [6.07, 6.45) is 1.93. The molecule has 0 bridgehead atoms. The third kappa shape index (κ3) is 5.60. The molecule has 1 aromatic carbocycles. The minimum absolute atomic E-state index is 0.686. The molecule has 0 spiro atoms. The number of rotatable bonds is 3. The monoisotopic (exact) mass is 262 g/mol. The molecule has 0 aliphatic rings. The van der Waals surface area contributed by atoms with Gasteiger partial charge in [-0.3, -0.25) is 4.68 Å². The van der Waals surface area contributed by atoms with Crippen LogP contribution in [0, 0.1) is 0 Å². The fourth-order valence-corrected chi connectivity index (χ4v) is 1.48. The van der Waals surface area contributed by atoms with E-state index in [2.05, 4.69) is 5.10 Å². The molecule has 0 saturated carbocycles. The van der Waals surface area contributed by atoms with Gasteiger partial charge in [-0.15, -0.1) is 0 Å². The maximum Gasteiger partial charge on any atom is 0.119 e. The minimum atomic E-state index is 0.686. The summed E-state index contributed by atoms with van der Waals surface area (Å²) in [7, 11) is 1.91. The van der Waals surface area contributed by atoms with Gasteiger partial charge in [-0.1, -0.05) is 39.8 Å². The normalized spacial score (nSPS) is 8.74. The Morgan fingerprint density at radius 1 is 1.11 bits per heavy atom. The van der Waals surface area contributed by atoms with Crippen molar-refractivity contribution in [3.05, 3.63) is 36.5 Å². The Morgan fingerprint density at radius 2 is 1.79 bits per heavy atom. The quantitative estimate of drug-likeness (QED) is 0.812. The first-order valence-corrected chi connectivity index (χ1v) is 7.02. The molecule has 0 radical (unpaired) electrons. The lowest BCUT2D eigenvalue weighted by Crippen LogP contribution is -1.92. The Hall–Kier alpha value is -1.77. The summed E-state index contributed by atoms with van der Waals surface area (Å²) in [6, 6.07) is 9.96. The van der Waals surface area contributed by atoms with Gasteiger partial charge in [-0.05, 0) is 25.1 Å². The Morgan fingerprint density at radius 3 is 2.32 bits per heavy atom. The van der Waals surface area contributed by atoms with Gasteiger partial charge in [-0.25, -0.2) is 0 Å². The zero-order valence-electron chi connectivity index (χ0n) is 13.0. The zero-order chi connectivity index (χ0) is 14.7. The van der Waals surface area contributed by atoms with Crippen LogP contribution < -0.4 is 4.74 Å². The van der Waals surface area contributed by atoms with E-state index in [1.54, 1.807) is 4.68 Å². The molecule has 19 heavy (non-hydrogen) atoms. The van der Waals surface area contributed by atoms with Gasteiger partial charge in [0.2, 0.25) is 0 Å². The summed E-state index contributed by atoms with van der Waals surface area (Å²) in [4.78, 5) is 0. The van der Waals surface area contributed by atoms with Gasteiger partial charge in [0, 0.05) is 18.8 Å². The highest BCUT2D eigenvalue weighted by molar-refractivity contribution is 5.60. The van der Waals surface area contributed by atoms with Gasteiger partial charge < -0.3 is 4.74 Å². The Labute approximate surface area is 117 Å². The van der Waals surface area contributed by atoms with E-state index in [4.69, 9.17) is 4.74 Å². The van der Waals surface area contributed by atoms with Crippen molar-refractivity contribution in [3.63, 3.8) is 0 Å². The molecule has 1 aromatic heterocycles. The second-order valence-electron chi connectivity index (χ2n) is 3.34. The van der Waals surface area contributed by atoms with Gasteiger partial charge in [-0.2, -0.15) is 5.10 Å². The molecule has 3 nitrogen and oxygen atoms in total. The first-order chi connectivity index (χ1) is 9.29. The number of benzene rings is 1. The second kappa shape index (κ2) is 10.2. The fourth-order valence-electron chi connectivity index (χ4n) is 1.48. The van der Waals surface area contributed by atoms with E-state index < -0.39 is 0 Å². The van der Waals surface area contributed by atoms with Gasteiger partial charge in [0.05, 0.1) is 12.3 Å². The number of hydrogen-bond donors (Lipinski definition) is 0. The standard InChI is InChI=1S/C12H14N2O.2C2H6/c1-3-15-11-6-4-5-10(9-11)12-7-8-14(2)13-12;2*1-2/h4-9H,3H2,1-2H3;2*1-2H3. The first kappa shape index (κ1) is 17.2. The third-order valence-corrected chi connectivity index (χ3v) is 2.15. The Kier molecular flexibility index (Phi) is 9.23. The van der Waals surface area contributed by atoms with E-state index in [0.29, 0.717) is 6.61 Å². The van der Waals surface area contributed by atoms with E-state index in [-0.39, 0.29) is 0 Å². The molecule has 0 amide bonds. The molecule has 0 aliphatic heterocycles. The smallest absolute Gasteiger partial charge is 0.119 e. The largest absolute Gasteiger partial charge is 0.494 e. The van der Waals surface area contributed by atoms with Crippen molar-refractivity contribution in [2.24, 2.45) is 7.05 Å². The zero-order valence-corrected chi connectivity index (χ0v) is 13.0. The Bertz CT molecular complexity index is 450. The molecule has 2 aromatic rings. The minimum Gasteiger partial charge on any atom is -0.494 e. The average Bonchev–Trinajstić information content (AvgIpc) is 2.91. The predicted molar refractivity (Wildman–Crippen MR) is 82.5 cm³/mol. The lowest BCUT2D eigenvalue weighted by molar-refractivity contribution is 0.340. The van der Waals surface area contributed by atoms with Crippen LogP contribution >= 0.6 is 0 Å². The lowest BCUT2D eigenvalue weighted by Gasteiger charge is -2.03. The van der Waals surface area contributed by atoms with E-state index in [0.717, 1.165) is 17.0 Å². The van der Waals surface area contributed by atoms with Crippen LogP contribution in [-0.4, -0.2) is 16.4 Å². The molecule has 2 rings (SSSR count). The summed E-state index contributed by atoms with van der Waals surface area (Å²) in [6.45, 7) is 10.7. The highest BCUT2D eigenvalue weighted by Gasteiger charge is 2.02. The molecule has 0 unspecified atom stereocenters. The summed E-state index contributed by atoms with van der Waals surface area (Å²) in [5.41, 5.74) is 2.06. The van der Waals surface area contributed by atoms with Crippen molar-refractivity contribution in [2.45, 2.75) is 34.6 Å². The topological polar surface area (TPSA) is 27.1 Å². The van der Waals surface area contributed by atoms with Crippen LogP contribution in [0.1, 0.15) is 34.6 Å². The molecule has 0 atom stereocenters. The van der Waals surface area contributed by atoms with Crippen LogP contribution in [0.2, 0.25) is 0 Å². The van der Waals surface area contributed by atoms with Crippen molar-refractivity contribution >= 4 is 0 Å². The van der Waals surface area contributed by atoms with Crippen LogP contribution in [0.25, 0.3) is 11.3 Å². The van der Waals surface area contributed by atoms with Gasteiger partial charge in [0.1, 0.15) is 5.75 Å². The lowest BCUT2D eigenvalue weighted by atomic mass is 10.1. The SMILES string of the molecule is CC.CC.CCOc1cccc(-c2ccn(C)n2)c1. The molecule has 0 fully saturated rings. The maximum absolute atomic E-state index is 5.44. The molecular formula is C16H26N2O. The van der Waals surface area contributed by atoms with Gasteiger partial charge >= 0.3 is 0 Å². The number of ether oxygens (including phenoxy) is 1. The summed E-state index contributed by atoms with van der Waals surface area (Å²) < 4.78 is 7.23. The van der Waals surface area contributed by atoms with Crippen molar-refractivity contribution in [2.75, 3.05) is 6.61 Å². The van der Waals surface area contributed by atoms with Crippen LogP contribution in [0.15, 0.2) is 36.5 Å². The van der Waals surface area contributed by atoms with Crippen molar-refractivity contribution in [1.82, 2.24) is 9.78 Å². The number of aromatic nitrogens is 2. The predicted octanol–water partition coefficient (Wildman–Crippen LogP) is 4.54. The molecule has 1 heterocycles. The van der Waals surface area contributed by atoms with Gasteiger partial charge in [0.25, 0.3) is 0 Å². The maximum atomic E-state index is 5.44. The molecular weight excluding hydrogens is 236 g/mol. The second-order valence-corrected chi connectivity index (χ2v) is 3.34. The van der Waals surface area contributed by atoms with Gasteiger partial charge in [0.15, 0.2) is 0 Å². The first-order valence-electron chi connectivity index (χ1n) is 7.02. The molecule has 0 N–H and O–H groups in total. The average molecular weight is 262 g/mol. The summed E-state index contributed by atoms with van der Waals surface area (Å²) in [5.74, 6) is 0.889. The highest BCUT2D eigenvalue weighted by atomic mass is 16.5. The van der Waals surface area contributed by atoms with Crippen LogP contribution in [0.3, 0.4) is 0 Å². The molecule has 3 heteroatoms. The van der Waals surface area contributed by atoms with Crippen molar-refractivity contribution < 1.29 is 4.74 Å². The summed E-state index contributed by atoms with van der Waals surface area (Å²) in [5, 5.41) is 4.34. The molecule has 0 aliphatic carbocycles. The Balaban J connectivity index is 0.000000741. The van der Waals surface area contributed by atoms with Crippen LogP contribution in [0.5, 0.6) is 5.75 Å². The summed E-state index contributed by atoms with van der Waals surface area (Å²) >= 11 is 0. The van der Waals surface area contributed by atoms with Crippen LogP contribution in [-0.2, 0) is 7.05 Å². The van der Waals surface area contributed by atoms with E-state index in [1.165, 1.54) is 0 Å². The van der Waals surface area contributed by atoms with Crippen molar-refractivity contribution in [3.8, 4) is 17.0 Å². The number of aryl methyl sites for hydroxylation is 1. The van der Waals surface area contributed by atoms with E-state index >= 15 is 0 Å². The van der Waals surface area contributed by atoms with Crippen LogP contribution in [0.4, 0.5) is 0 Å².